The molecule has 1 aromatic carbocycles. The normalized spacial score (nSPS) is 15.3. The van der Waals surface area contributed by atoms with Gasteiger partial charge in [0.05, 0.1) is 6.10 Å². The Hall–Kier alpha value is -2.83. The lowest BCUT2D eigenvalue weighted by Gasteiger charge is -2.26. The minimum Gasteiger partial charge on any atom is -0.508 e. The summed E-state index contributed by atoms with van der Waals surface area (Å²) in [5.74, 6) is -2.67. The molecule has 0 fully saturated rings. The smallest absolute Gasteiger partial charge is 0.326 e. The number of phenolic OH excluding ortho intramolecular Hbond substituents is 1. The van der Waals surface area contributed by atoms with Gasteiger partial charge in [-0.2, -0.15) is 11.8 Å². The van der Waals surface area contributed by atoms with Gasteiger partial charge in [-0.05, 0) is 55.4 Å². The molecular formula is C24H38N4O7S. The Labute approximate surface area is 215 Å². The van der Waals surface area contributed by atoms with Crippen molar-refractivity contribution in [2.45, 2.75) is 70.3 Å². The number of rotatable bonds is 15. The first kappa shape index (κ1) is 31.2. The van der Waals surface area contributed by atoms with E-state index in [-0.39, 0.29) is 30.9 Å². The Morgan fingerprint density at radius 1 is 0.917 bits per heavy atom. The van der Waals surface area contributed by atoms with E-state index in [1.165, 1.54) is 30.8 Å². The Balaban J connectivity index is 3.11. The molecule has 12 heteroatoms. The molecule has 0 heterocycles. The molecule has 3 amide bonds. The van der Waals surface area contributed by atoms with E-state index in [4.69, 9.17) is 5.73 Å². The molecule has 36 heavy (non-hydrogen) atoms. The number of aliphatic carboxylic acids is 1. The van der Waals surface area contributed by atoms with Crippen molar-refractivity contribution < 1.29 is 34.5 Å². The molecule has 0 aliphatic carbocycles. The fourth-order valence-corrected chi connectivity index (χ4v) is 3.78. The molecule has 0 saturated heterocycles. The van der Waals surface area contributed by atoms with Gasteiger partial charge in [0, 0.05) is 6.42 Å². The van der Waals surface area contributed by atoms with Gasteiger partial charge in [-0.1, -0.05) is 26.0 Å². The Kier molecular flexibility index (Phi) is 13.3. The molecule has 202 valence electrons. The number of aromatic hydroxyl groups is 1. The maximum Gasteiger partial charge on any atom is 0.326 e. The molecule has 5 unspecified atom stereocenters. The molecule has 11 nitrogen and oxygen atoms in total. The minimum atomic E-state index is -1.27. The fraction of sp³-hybridized carbons (Fsp3) is 0.583. The molecule has 1 rings (SSSR count). The summed E-state index contributed by atoms with van der Waals surface area (Å²) in [6.07, 6.45) is 1.16. The summed E-state index contributed by atoms with van der Waals surface area (Å²) >= 11 is 1.46. The zero-order valence-electron chi connectivity index (χ0n) is 21.1. The van der Waals surface area contributed by atoms with Crippen LogP contribution in [0.1, 0.15) is 39.2 Å². The number of hydrogen-bond donors (Lipinski definition) is 7. The number of hydrogen-bond acceptors (Lipinski definition) is 8. The van der Waals surface area contributed by atoms with Crippen molar-refractivity contribution in [3.63, 3.8) is 0 Å². The van der Waals surface area contributed by atoms with Gasteiger partial charge >= 0.3 is 5.97 Å². The van der Waals surface area contributed by atoms with E-state index in [2.05, 4.69) is 16.0 Å². The predicted molar refractivity (Wildman–Crippen MR) is 137 cm³/mol. The van der Waals surface area contributed by atoms with Crippen LogP contribution in [-0.4, -0.2) is 81.3 Å². The molecule has 0 radical (unpaired) electrons. The average Bonchev–Trinajstić information content (AvgIpc) is 2.80. The molecule has 8 N–H and O–H groups in total. The molecule has 0 saturated carbocycles. The number of carbonyl (C=O) groups is 4. The van der Waals surface area contributed by atoms with Crippen LogP contribution in [0.25, 0.3) is 0 Å². The van der Waals surface area contributed by atoms with E-state index in [0.717, 1.165) is 0 Å². The van der Waals surface area contributed by atoms with Gasteiger partial charge in [-0.15, -0.1) is 0 Å². The van der Waals surface area contributed by atoms with Crippen molar-refractivity contribution in [1.29, 1.82) is 0 Å². The summed E-state index contributed by atoms with van der Waals surface area (Å²) in [5.41, 5.74) is 6.33. The SMILES string of the molecule is CSCCC(NC(=O)C(Cc1ccc(O)cc1)NC(=O)C(N)C(C)O)C(=O)NC(CC(C)C)C(=O)O. The highest BCUT2D eigenvalue weighted by atomic mass is 32.2. The molecule has 0 aliphatic heterocycles. The molecule has 0 aromatic heterocycles. The summed E-state index contributed by atoms with van der Waals surface area (Å²) < 4.78 is 0. The third-order valence-corrected chi connectivity index (χ3v) is 6.04. The van der Waals surface area contributed by atoms with Crippen LogP contribution in [0.15, 0.2) is 24.3 Å². The summed E-state index contributed by atoms with van der Waals surface area (Å²) in [7, 11) is 0. The van der Waals surface area contributed by atoms with Crippen molar-refractivity contribution in [3.05, 3.63) is 29.8 Å². The van der Waals surface area contributed by atoms with Crippen molar-refractivity contribution in [2.24, 2.45) is 11.7 Å². The monoisotopic (exact) mass is 526 g/mol. The van der Waals surface area contributed by atoms with Crippen LogP contribution in [0, 0.1) is 5.92 Å². The maximum absolute atomic E-state index is 13.2. The van der Waals surface area contributed by atoms with Crippen LogP contribution in [0.5, 0.6) is 5.75 Å². The Morgan fingerprint density at radius 3 is 1.94 bits per heavy atom. The van der Waals surface area contributed by atoms with Crippen molar-refractivity contribution in [1.82, 2.24) is 16.0 Å². The molecule has 0 bridgehead atoms. The lowest BCUT2D eigenvalue weighted by atomic mass is 10.0. The van der Waals surface area contributed by atoms with Gasteiger partial charge in [-0.3, -0.25) is 14.4 Å². The van der Waals surface area contributed by atoms with Gasteiger partial charge < -0.3 is 37.0 Å². The fourth-order valence-electron chi connectivity index (χ4n) is 3.31. The van der Waals surface area contributed by atoms with E-state index in [1.807, 2.05) is 20.1 Å². The minimum absolute atomic E-state index is 0.0202. The lowest BCUT2D eigenvalue weighted by molar-refractivity contribution is -0.142. The van der Waals surface area contributed by atoms with Gasteiger partial charge in [0.2, 0.25) is 17.7 Å². The lowest BCUT2D eigenvalue weighted by Crippen LogP contribution is -2.58. The zero-order chi connectivity index (χ0) is 27.4. The van der Waals surface area contributed by atoms with E-state index < -0.39 is 54.0 Å². The van der Waals surface area contributed by atoms with Crippen molar-refractivity contribution >= 4 is 35.5 Å². The number of benzene rings is 1. The zero-order valence-corrected chi connectivity index (χ0v) is 21.9. The summed E-state index contributed by atoms with van der Waals surface area (Å²) in [4.78, 5) is 50.3. The number of aliphatic hydroxyl groups is 1. The molecule has 5 atom stereocenters. The molecule has 1 aromatic rings. The molecular weight excluding hydrogens is 488 g/mol. The number of aliphatic hydroxyl groups excluding tert-OH is 1. The van der Waals surface area contributed by atoms with Crippen molar-refractivity contribution in [3.8, 4) is 5.75 Å². The number of carboxylic acid groups (broad SMARTS) is 1. The summed E-state index contributed by atoms with van der Waals surface area (Å²) in [5, 5.41) is 36.3. The third kappa shape index (κ3) is 10.8. The standard InChI is InChI=1S/C24H38N4O7S/c1-13(2)11-19(24(34)35)28-21(31)17(9-10-36-4)26-22(32)18(27-23(33)20(25)14(3)29)12-15-5-7-16(30)8-6-15/h5-8,13-14,17-20,29-30H,9-12,25H2,1-4H3,(H,26,32)(H,27,33)(H,28,31)(H,34,35). The quantitative estimate of drug-likeness (QED) is 0.165. The number of thioether (sulfide) groups is 1. The van der Waals surface area contributed by atoms with Crippen molar-refractivity contribution in [2.75, 3.05) is 12.0 Å². The van der Waals surface area contributed by atoms with E-state index in [1.54, 1.807) is 12.1 Å². The maximum atomic E-state index is 13.2. The highest BCUT2D eigenvalue weighted by Gasteiger charge is 2.31. The number of carbonyl (C=O) groups excluding carboxylic acids is 3. The van der Waals surface area contributed by atoms with Crippen LogP contribution in [0.2, 0.25) is 0 Å². The molecule has 0 aliphatic rings. The largest absolute Gasteiger partial charge is 0.508 e. The Bertz CT molecular complexity index is 880. The number of amides is 3. The van der Waals surface area contributed by atoms with Crippen LogP contribution >= 0.6 is 11.8 Å². The second-order valence-corrected chi connectivity index (χ2v) is 10.1. The average molecular weight is 527 g/mol. The topological polar surface area (TPSA) is 191 Å². The second kappa shape index (κ2) is 15.3. The first-order chi connectivity index (χ1) is 16.8. The summed E-state index contributed by atoms with van der Waals surface area (Å²) in [6.45, 7) is 5.02. The van der Waals surface area contributed by atoms with E-state index in [0.29, 0.717) is 11.3 Å². The van der Waals surface area contributed by atoms with Crippen LogP contribution < -0.4 is 21.7 Å². The second-order valence-electron chi connectivity index (χ2n) is 9.07. The highest BCUT2D eigenvalue weighted by molar-refractivity contribution is 7.98. The van der Waals surface area contributed by atoms with Gasteiger partial charge in [-0.25, -0.2) is 4.79 Å². The Morgan fingerprint density at radius 2 is 1.44 bits per heavy atom. The van der Waals surface area contributed by atoms with E-state index >= 15 is 0 Å². The van der Waals surface area contributed by atoms with Crippen LogP contribution in [0.3, 0.4) is 0 Å². The van der Waals surface area contributed by atoms with Gasteiger partial charge in [0.25, 0.3) is 0 Å². The highest BCUT2D eigenvalue weighted by Crippen LogP contribution is 2.13. The first-order valence-corrected chi connectivity index (χ1v) is 13.1. The van der Waals surface area contributed by atoms with Gasteiger partial charge in [0.15, 0.2) is 0 Å². The van der Waals surface area contributed by atoms with Crippen LogP contribution in [0.4, 0.5) is 0 Å². The predicted octanol–water partition coefficient (Wildman–Crippen LogP) is -0.0190. The molecule has 0 spiro atoms. The number of phenols is 1. The van der Waals surface area contributed by atoms with Crippen LogP contribution in [-0.2, 0) is 25.6 Å². The number of carboxylic acids is 1. The number of nitrogens with two attached hydrogens (primary N) is 1. The van der Waals surface area contributed by atoms with Gasteiger partial charge in [0.1, 0.15) is 29.9 Å². The first-order valence-electron chi connectivity index (χ1n) is 11.7. The van der Waals surface area contributed by atoms with E-state index in [9.17, 15) is 34.5 Å². The summed E-state index contributed by atoms with van der Waals surface area (Å²) in [6, 6.07) is 1.46. The number of nitrogens with one attached hydrogen (secondary N) is 3. The third-order valence-electron chi connectivity index (χ3n) is 5.40.